The Kier molecular flexibility index (Phi) is 5.16. The minimum Gasteiger partial charge on any atom is -0.479 e. The number of pyridine rings is 2. The Balaban J connectivity index is 1.48. The Labute approximate surface area is 166 Å². The molecule has 148 valence electrons. The summed E-state index contributed by atoms with van der Waals surface area (Å²) >= 11 is 0. The van der Waals surface area contributed by atoms with Crippen LogP contribution >= 0.6 is 0 Å². The lowest BCUT2D eigenvalue weighted by Crippen LogP contribution is -2.02. The topological polar surface area (TPSA) is 76.6 Å². The number of aromatic nitrogens is 5. The molecule has 0 aliphatic heterocycles. The number of nitrogens with one attached hydrogen (secondary N) is 1. The number of rotatable bonds is 6. The van der Waals surface area contributed by atoms with Crippen LogP contribution in [0.1, 0.15) is 28.1 Å². The van der Waals surface area contributed by atoms with Gasteiger partial charge in [-0.15, -0.1) is 0 Å². The fourth-order valence-corrected chi connectivity index (χ4v) is 3.34. The number of methoxy groups -OCH3 is 1. The van der Waals surface area contributed by atoms with E-state index in [9.17, 15) is 8.78 Å². The first-order valence-corrected chi connectivity index (χ1v) is 9.15. The summed E-state index contributed by atoms with van der Waals surface area (Å²) in [5, 5.41) is 0.907. The summed E-state index contributed by atoms with van der Waals surface area (Å²) in [7, 11) is 1.37. The SMILES string of the molecule is COc1ncc(CCc2ccc(Cc3c[nH]c4ncnc(C)c34)c(F)n2)cc1F. The molecule has 29 heavy (non-hydrogen) atoms. The predicted octanol–water partition coefficient (Wildman–Crippen LogP) is 3.72. The van der Waals surface area contributed by atoms with E-state index in [-0.39, 0.29) is 5.88 Å². The number of hydrogen-bond acceptors (Lipinski definition) is 5. The van der Waals surface area contributed by atoms with Gasteiger partial charge < -0.3 is 9.72 Å². The van der Waals surface area contributed by atoms with E-state index >= 15 is 0 Å². The molecule has 0 aliphatic rings. The van der Waals surface area contributed by atoms with E-state index in [0.717, 1.165) is 22.3 Å². The van der Waals surface area contributed by atoms with E-state index in [1.807, 2.05) is 13.1 Å². The second-order valence-corrected chi connectivity index (χ2v) is 6.76. The molecule has 0 radical (unpaired) electrons. The van der Waals surface area contributed by atoms with Crippen LogP contribution in [0.25, 0.3) is 11.0 Å². The van der Waals surface area contributed by atoms with E-state index < -0.39 is 11.8 Å². The summed E-state index contributed by atoms with van der Waals surface area (Å²) < 4.78 is 33.1. The van der Waals surface area contributed by atoms with E-state index in [1.54, 1.807) is 18.3 Å². The fourth-order valence-electron chi connectivity index (χ4n) is 3.34. The number of H-pyrrole nitrogens is 1. The molecule has 8 heteroatoms. The van der Waals surface area contributed by atoms with Crippen molar-refractivity contribution in [3.8, 4) is 5.88 Å². The number of halogens is 2. The lowest BCUT2D eigenvalue weighted by atomic mass is 10.0. The Morgan fingerprint density at radius 2 is 1.93 bits per heavy atom. The number of aryl methyl sites for hydroxylation is 3. The summed E-state index contributed by atoms with van der Waals surface area (Å²) in [5.74, 6) is -1.07. The number of nitrogens with zero attached hydrogens (tertiary/aromatic N) is 4. The highest BCUT2D eigenvalue weighted by molar-refractivity contribution is 5.82. The third-order valence-corrected chi connectivity index (χ3v) is 4.83. The maximum absolute atomic E-state index is 14.6. The summed E-state index contributed by atoms with van der Waals surface area (Å²) in [6, 6.07) is 4.91. The molecule has 0 amide bonds. The number of aromatic amines is 1. The average Bonchev–Trinajstić information content (AvgIpc) is 3.12. The van der Waals surface area contributed by atoms with E-state index in [1.165, 1.54) is 19.5 Å². The van der Waals surface area contributed by atoms with Crippen molar-refractivity contribution in [2.45, 2.75) is 26.2 Å². The normalized spacial score (nSPS) is 11.2. The molecular formula is C21H19F2N5O. The van der Waals surface area contributed by atoms with Crippen LogP contribution in [-0.4, -0.2) is 32.0 Å². The zero-order valence-corrected chi connectivity index (χ0v) is 16.0. The Morgan fingerprint density at radius 1 is 1.07 bits per heavy atom. The number of fused-ring (bicyclic) bond motifs is 1. The molecule has 0 bridgehead atoms. The largest absolute Gasteiger partial charge is 0.479 e. The van der Waals surface area contributed by atoms with Crippen LogP contribution in [0.3, 0.4) is 0 Å². The molecule has 6 nitrogen and oxygen atoms in total. The van der Waals surface area contributed by atoms with Crippen molar-refractivity contribution in [1.82, 2.24) is 24.9 Å². The van der Waals surface area contributed by atoms with Crippen LogP contribution in [0.2, 0.25) is 0 Å². The van der Waals surface area contributed by atoms with Crippen molar-refractivity contribution in [3.63, 3.8) is 0 Å². The molecular weight excluding hydrogens is 376 g/mol. The van der Waals surface area contributed by atoms with Gasteiger partial charge in [0.2, 0.25) is 11.8 Å². The molecule has 0 saturated carbocycles. The molecule has 0 aliphatic carbocycles. The van der Waals surface area contributed by atoms with Crippen molar-refractivity contribution in [3.05, 3.63) is 76.8 Å². The van der Waals surface area contributed by atoms with Gasteiger partial charge in [0.25, 0.3) is 0 Å². The van der Waals surface area contributed by atoms with Gasteiger partial charge in [-0.1, -0.05) is 6.07 Å². The zero-order valence-electron chi connectivity index (χ0n) is 16.0. The smallest absolute Gasteiger partial charge is 0.250 e. The third kappa shape index (κ3) is 3.91. The van der Waals surface area contributed by atoms with Crippen molar-refractivity contribution < 1.29 is 13.5 Å². The molecule has 0 atom stereocenters. The van der Waals surface area contributed by atoms with E-state index in [2.05, 4.69) is 24.9 Å². The molecule has 0 spiro atoms. The second-order valence-electron chi connectivity index (χ2n) is 6.76. The summed E-state index contributed by atoms with van der Waals surface area (Å²) in [5.41, 5.74) is 4.29. The summed E-state index contributed by atoms with van der Waals surface area (Å²) in [6.45, 7) is 1.90. The molecule has 0 unspecified atom stereocenters. The lowest BCUT2D eigenvalue weighted by molar-refractivity contribution is 0.368. The van der Waals surface area contributed by atoms with Crippen LogP contribution in [-0.2, 0) is 19.3 Å². The first-order chi connectivity index (χ1) is 14.0. The standard InChI is InChI=1S/C21H19F2N5O/c1-12-18-15(10-24-20(18)27-11-26-12)8-14-4-6-16(28-19(14)23)5-3-13-7-17(22)21(29-2)25-9-13/h4,6-7,9-11H,3,5,8H2,1-2H3,(H,24,26,27). The van der Waals surface area contributed by atoms with Gasteiger partial charge in [-0.25, -0.2) is 24.3 Å². The van der Waals surface area contributed by atoms with Crippen molar-refractivity contribution in [2.24, 2.45) is 0 Å². The Hall–Kier alpha value is -3.42. The van der Waals surface area contributed by atoms with Gasteiger partial charge in [-0.05, 0) is 43.0 Å². The van der Waals surface area contributed by atoms with Crippen molar-refractivity contribution in [2.75, 3.05) is 7.11 Å². The molecule has 4 heterocycles. The fraction of sp³-hybridized carbons (Fsp3) is 0.238. The Bertz CT molecular complexity index is 1180. The van der Waals surface area contributed by atoms with Gasteiger partial charge in [0, 0.05) is 35.5 Å². The molecule has 0 fully saturated rings. The molecule has 4 rings (SSSR count). The minimum absolute atomic E-state index is 0.0415. The maximum atomic E-state index is 14.6. The molecule has 0 saturated heterocycles. The highest BCUT2D eigenvalue weighted by atomic mass is 19.1. The first-order valence-electron chi connectivity index (χ1n) is 9.15. The molecule has 4 aromatic rings. The van der Waals surface area contributed by atoms with Gasteiger partial charge in [-0.3, -0.25) is 0 Å². The van der Waals surface area contributed by atoms with Gasteiger partial charge in [0.15, 0.2) is 5.82 Å². The lowest BCUT2D eigenvalue weighted by Gasteiger charge is -2.07. The number of ether oxygens (including phenoxy) is 1. The minimum atomic E-state index is -0.516. The molecule has 4 aromatic heterocycles. The van der Waals surface area contributed by atoms with Crippen LogP contribution in [0.4, 0.5) is 8.78 Å². The van der Waals surface area contributed by atoms with Crippen LogP contribution in [0, 0.1) is 18.7 Å². The van der Waals surface area contributed by atoms with Gasteiger partial charge in [0.05, 0.1) is 12.8 Å². The predicted molar refractivity (Wildman–Crippen MR) is 104 cm³/mol. The van der Waals surface area contributed by atoms with E-state index in [0.29, 0.717) is 36.1 Å². The van der Waals surface area contributed by atoms with Crippen molar-refractivity contribution in [1.29, 1.82) is 0 Å². The van der Waals surface area contributed by atoms with E-state index in [4.69, 9.17) is 4.74 Å². The van der Waals surface area contributed by atoms with Crippen molar-refractivity contribution >= 4 is 11.0 Å². The van der Waals surface area contributed by atoms with Crippen LogP contribution in [0.15, 0.2) is 36.9 Å². The highest BCUT2D eigenvalue weighted by Crippen LogP contribution is 2.23. The zero-order chi connectivity index (χ0) is 20.4. The summed E-state index contributed by atoms with van der Waals surface area (Å²) in [6.07, 6.45) is 6.24. The van der Waals surface area contributed by atoms with Gasteiger partial charge in [-0.2, -0.15) is 4.39 Å². The Morgan fingerprint density at radius 3 is 2.69 bits per heavy atom. The second kappa shape index (κ2) is 7.90. The summed E-state index contributed by atoms with van der Waals surface area (Å²) in [4.78, 5) is 19.5. The monoisotopic (exact) mass is 395 g/mol. The molecule has 1 N–H and O–H groups in total. The first kappa shape index (κ1) is 18.9. The van der Waals surface area contributed by atoms with Crippen LogP contribution in [0.5, 0.6) is 5.88 Å². The number of hydrogen-bond donors (Lipinski definition) is 1. The third-order valence-electron chi connectivity index (χ3n) is 4.83. The average molecular weight is 395 g/mol. The van der Waals surface area contributed by atoms with Crippen LogP contribution < -0.4 is 4.74 Å². The van der Waals surface area contributed by atoms with Gasteiger partial charge >= 0.3 is 0 Å². The highest BCUT2D eigenvalue weighted by Gasteiger charge is 2.13. The van der Waals surface area contributed by atoms with Gasteiger partial charge in [0.1, 0.15) is 12.0 Å². The maximum Gasteiger partial charge on any atom is 0.250 e. The quantitative estimate of drug-likeness (QED) is 0.504. The molecule has 0 aromatic carbocycles.